The van der Waals surface area contributed by atoms with Gasteiger partial charge >= 0.3 is 0 Å². The van der Waals surface area contributed by atoms with Gasteiger partial charge in [0.2, 0.25) is 0 Å². The van der Waals surface area contributed by atoms with Gasteiger partial charge in [-0.25, -0.2) is 0 Å². The van der Waals surface area contributed by atoms with Gasteiger partial charge in [-0.05, 0) is 51.4 Å². The van der Waals surface area contributed by atoms with E-state index in [1.54, 1.807) is 6.92 Å². The normalized spacial score (nSPS) is 13.6. The molecule has 1 aromatic rings. The Balaban J connectivity index is 2.50. The van der Waals surface area contributed by atoms with E-state index in [0.29, 0.717) is 12.6 Å². The second kappa shape index (κ2) is 8.59. The Morgan fingerprint density at radius 2 is 1.90 bits per heavy atom. The smallest absolute Gasteiger partial charge is 0.260 e. The van der Waals surface area contributed by atoms with Crippen molar-refractivity contribution in [3.8, 4) is 5.75 Å². The first-order valence-corrected chi connectivity index (χ1v) is 7.27. The molecule has 0 aromatic heterocycles. The second-order valence-electron chi connectivity index (χ2n) is 5.09. The number of likely N-dealkylation sites (N-methyl/N-ethyl adjacent to an activating group) is 1. The largest absolute Gasteiger partial charge is 0.481 e. The molecule has 2 N–H and O–H groups in total. The van der Waals surface area contributed by atoms with Crippen molar-refractivity contribution in [2.75, 3.05) is 13.6 Å². The van der Waals surface area contributed by atoms with Gasteiger partial charge in [-0.3, -0.25) is 4.79 Å². The van der Waals surface area contributed by atoms with Crippen LogP contribution in [0.25, 0.3) is 0 Å². The molecule has 0 heterocycles. The van der Waals surface area contributed by atoms with Crippen molar-refractivity contribution in [1.29, 1.82) is 0 Å². The van der Waals surface area contributed by atoms with Crippen molar-refractivity contribution in [2.45, 2.75) is 45.8 Å². The maximum atomic E-state index is 11.7. The van der Waals surface area contributed by atoms with Crippen LogP contribution in [0.15, 0.2) is 24.3 Å². The third kappa shape index (κ3) is 5.61. The van der Waals surface area contributed by atoms with Crippen molar-refractivity contribution in [1.82, 2.24) is 10.6 Å². The molecule has 0 aliphatic rings. The highest BCUT2D eigenvalue weighted by Gasteiger charge is 2.13. The zero-order valence-electron chi connectivity index (χ0n) is 12.9. The van der Waals surface area contributed by atoms with Crippen molar-refractivity contribution in [3.63, 3.8) is 0 Å². The molecule has 1 amide bonds. The highest BCUT2D eigenvalue weighted by Crippen LogP contribution is 2.15. The highest BCUT2D eigenvalue weighted by atomic mass is 16.5. The van der Waals surface area contributed by atoms with E-state index in [-0.39, 0.29) is 5.91 Å². The van der Waals surface area contributed by atoms with E-state index in [1.165, 1.54) is 5.56 Å². The Labute approximate surface area is 121 Å². The van der Waals surface area contributed by atoms with Crippen molar-refractivity contribution in [2.24, 2.45) is 0 Å². The van der Waals surface area contributed by atoms with Crippen LogP contribution in [0.1, 0.15) is 32.8 Å². The quantitative estimate of drug-likeness (QED) is 0.766. The molecule has 4 heteroatoms. The fraction of sp³-hybridized carbons (Fsp3) is 0.562. The van der Waals surface area contributed by atoms with Crippen LogP contribution in [-0.2, 0) is 11.2 Å². The molecule has 1 rings (SSSR count). The SMILES string of the molecule is CCCNC(=O)C(C)Oc1ccc(CC(C)NC)cc1. The molecule has 1 aromatic carbocycles. The molecular formula is C16H26N2O2. The standard InChI is InChI=1S/C16H26N2O2/c1-5-10-18-16(19)13(3)20-15-8-6-14(7-9-15)11-12(2)17-4/h6-9,12-13,17H,5,10-11H2,1-4H3,(H,18,19). The van der Waals surface area contributed by atoms with Crippen LogP contribution in [0.4, 0.5) is 0 Å². The first-order valence-electron chi connectivity index (χ1n) is 7.27. The molecule has 0 saturated carbocycles. The minimum Gasteiger partial charge on any atom is -0.481 e. The Morgan fingerprint density at radius 1 is 1.25 bits per heavy atom. The molecule has 4 nitrogen and oxygen atoms in total. The topological polar surface area (TPSA) is 50.4 Å². The summed E-state index contributed by atoms with van der Waals surface area (Å²) < 4.78 is 5.63. The van der Waals surface area contributed by atoms with Gasteiger partial charge in [-0.1, -0.05) is 19.1 Å². The molecule has 112 valence electrons. The van der Waals surface area contributed by atoms with Crippen LogP contribution < -0.4 is 15.4 Å². The van der Waals surface area contributed by atoms with Crippen LogP contribution >= 0.6 is 0 Å². The van der Waals surface area contributed by atoms with Crippen LogP contribution in [0.3, 0.4) is 0 Å². The minimum absolute atomic E-state index is 0.0697. The van der Waals surface area contributed by atoms with Crippen molar-refractivity contribution >= 4 is 5.91 Å². The Kier molecular flexibility index (Phi) is 7.09. The summed E-state index contributed by atoms with van der Waals surface area (Å²) in [7, 11) is 1.96. The molecule has 0 saturated heterocycles. The van der Waals surface area contributed by atoms with E-state index < -0.39 is 6.10 Å². The molecule has 0 aliphatic carbocycles. The first kappa shape index (κ1) is 16.5. The molecule has 0 spiro atoms. The predicted molar refractivity (Wildman–Crippen MR) is 82.1 cm³/mol. The Bertz CT molecular complexity index is 403. The number of nitrogens with one attached hydrogen (secondary N) is 2. The van der Waals surface area contributed by atoms with Gasteiger partial charge in [-0.15, -0.1) is 0 Å². The lowest BCUT2D eigenvalue weighted by atomic mass is 10.1. The van der Waals surface area contributed by atoms with Gasteiger partial charge in [0.15, 0.2) is 6.10 Å². The molecule has 20 heavy (non-hydrogen) atoms. The van der Waals surface area contributed by atoms with Gasteiger partial charge in [0.1, 0.15) is 5.75 Å². The minimum atomic E-state index is -0.469. The molecule has 0 aliphatic heterocycles. The maximum Gasteiger partial charge on any atom is 0.260 e. The average Bonchev–Trinajstić information content (AvgIpc) is 2.46. The maximum absolute atomic E-state index is 11.7. The number of amides is 1. The van der Waals surface area contributed by atoms with Crippen LogP contribution in [-0.4, -0.2) is 31.6 Å². The summed E-state index contributed by atoms with van der Waals surface area (Å²) in [6, 6.07) is 8.36. The number of carbonyl (C=O) groups is 1. The number of hydrogen-bond donors (Lipinski definition) is 2. The highest BCUT2D eigenvalue weighted by molar-refractivity contribution is 5.80. The third-order valence-electron chi connectivity index (χ3n) is 3.19. The van der Waals surface area contributed by atoms with Crippen LogP contribution in [0.5, 0.6) is 5.75 Å². The molecule has 0 fully saturated rings. The summed E-state index contributed by atoms with van der Waals surface area (Å²) in [5, 5.41) is 6.04. The average molecular weight is 278 g/mol. The van der Waals surface area contributed by atoms with Gasteiger partial charge in [0, 0.05) is 12.6 Å². The van der Waals surface area contributed by atoms with E-state index in [4.69, 9.17) is 4.74 Å². The fourth-order valence-electron chi connectivity index (χ4n) is 1.81. The number of hydrogen-bond acceptors (Lipinski definition) is 3. The lowest BCUT2D eigenvalue weighted by Crippen LogP contribution is -2.36. The van der Waals surface area contributed by atoms with Gasteiger partial charge in [0.05, 0.1) is 0 Å². The van der Waals surface area contributed by atoms with Gasteiger partial charge < -0.3 is 15.4 Å². The van der Waals surface area contributed by atoms with Crippen LogP contribution in [0, 0.1) is 0 Å². The lowest BCUT2D eigenvalue weighted by molar-refractivity contribution is -0.127. The number of ether oxygens (including phenoxy) is 1. The van der Waals surface area contributed by atoms with Crippen molar-refractivity contribution < 1.29 is 9.53 Å². The Morgan fingerprint density at radius 3 is 2.45 bits per heavy atom. The summed E-state index contributed by atoms with van der Waals surface area (Å²) in [5.41, 5.74) is 1.25. The molecule has 0 radical (unpaired) electrons. The molecule has 2 unspecified atom stereocenters. The zero-order valence-corrected chi connectivity index (χ0v) is 12.9. The fourth-order valence-corrected chi connectivity index (χ4v) is 1.81. The van der Waals surface area contributed by atoms with E-state index in [9.17, 15) is 4.79 Å². The van der Waals surface area contributed by atoms with Crippen LogP contribution in [0.2, 0.25) is 0 Å². The van der Waals surface area contributed by atoms with Gasteiger partial charge in [-0.2, -0.15) is 0 Å². The molecule has 2 atom stereocenters. The Hall–Kier alpha value is -1.55. The summed E-state index contributed by atoms with van der Waals surface area (Å²) in [6.45, 7) is 6.62. The number of benzene rings is 1. The number of carbonyl (C=O) groups excluding carboxylic acids is 1. The van der Waals surface area contributed by atoms with Crippen molar-refractivity contribution in [3.05, 3.63) is 29.8 Å². The predicted octanol–water partition coefficient (Wildman–Crippen LogP) is 2.13. The summed E-state index contributed by atoms with van der Waals surface area (Å²) in [5.74, 6) is 0.657. The van der Waals surface area contributed by atoms with Gasteiger partial charge in [0.25, 0.3) is 5.91 Å². The summed E-state index contributed by atoms with van der Waals surface area (Å²) in [4.78, 5) is 11.7. The van der Waals surface area contributed by atoms with E-state index in [0.717, 1.165) is 18.6 Å². The van der Waals surface area contributed by atoms with E-state index in [1.807, 2.05) is 38.2 Å². The first-order chi connectivity index (χ1) is 9.56. The molecule has 0 bridgehead atoms. The summed E-state index contributed by atoms with van der Waals surface area (Å²) >= 11 is 0. The molecular weight excluding hydrogens is 252 g/mol. The van der Waals surface area contributed by atoms with E-state index in [2.05, 4.69) is 17.6 Å². The zero-order chi connectivity index (χ0) is 15.0. The van der Waals surface area contributed by atoms with E-state index >= 15 is 0 Å². The second-order valence-corrected chi connectivity index (χ2v) is 5.09. The lowest BCUT2D eigenvalue weighted by Gasteiger charge is -2.15. The third-order valence-corrected chi connectivity index (χ3v) is 3.19. The summed E-state index contributed by atoms with van der Waals surface area (Å²) in [6.07, 6.45) is 1.43. The monoisotopic (exact) mass is 278 g/mol. The number of rotatable bonds is 8.